The SMILES string of the molecule is CN(Cc1cccc(F)c1)C1(CN)CSCC(C)(C)C1. The van der Waals surface area contributed by atoms with Crippen LogP contribution in [0.4, 0.5) is 4.39 Å². The lowest BCUT2D eigenvalue weighted by Gasteiger charge is -2.49. The second kappa shape index (κ2) is 6.04. The fraction of sp³-hybridized carbons (Fsp3) is 0.625. The summed E-state index contributed by atoms with van der Waals surface area (Å²) in [5.74, 6) is 2.07. The lowest BCUT2D eigenvalue weighted by atomic mass is 9.79. The van der Waals surface area contributed by atoms with Crippen LogP contribution in [0.15, 0.2) is 24.3 Å². The molecule has 1 saturated heterocycles. The predicted molar refractivity (Wildman–Crippen MR) is 85.4 cm³/mol. The second-order valence-corrected chi connectivity index (χ2v) is 7.73. The van der Waals surface area contributed by atoms with Crippen LogP contribution < -0.4 is 5.73 Å². The van der Waals surface area contributed by atoms with Gasteiger partial charge in [-0.15, -0.1) is 0 Å². The van der Waals surface area contributed by atoms with Crippen molar-refractivity contribution in [2.45, 2.75) is 32.4 Å². The highest BCUT2D eigenvalue weighted by atomic mass is 32.2. The van der Waals surface area contributed by atoms with Crippen molar-refractivity contribution in [2.75, 3.05) is 25.1 Å². The maximum Gasteiger partial charge on any atom is 0.123 e. The van der Waals surface area contributed by atoms with E-state index in [1.165, 1.54) is 11.8 Å². The molecule has 1 aromatic carbocycles. The van der Waals surface area contributed by atoms with E-state index in [0.29, 0.717) is 12.0 Å². The first kappa shape index (κ1) is 15.8. The third-order valence-electron chi connectivity index (χ3n) is 4.17. The van der Waals surface area contributed by atoms with Crippen LogP contribution in [0.3, 0.4) is 0 Å². The van der Waals surface area contributed by atoms with Crippen LogP contribution in [0.2, 0.25) is 0 Å². The number of benzene rings is 1. The van der Waals surface area contributed by atoms with Crippen LogP contribution in [0.5, 0.6) is 0 Å². The maximum atomic E-state index is 13.3. The van der Waals surface area contributed by atoms with Crippen molar-refractivity contribution in [2.24, 2.45) is 11.1 Å². The van der Waals surface area contributed by atoms with E-state index in [1.54, 1.807) is 12.1 Å². The zero-order valence-electron chi connectivity index (χ0n) is 12.7. The molecule has 20 heavy (non-hydrogen) atoms. The second-order valence-electron chi connectivity index (χ2n) is 6.75. The van der Waals surface area contributed by atoms with Gasteiger partial charge in [0.2, 0.25) is 0 Å². The van der Waals surface area contributed by atoms with E-state index in [9.17, 15) is 4.39 Å². The molecule has 1 atom stereocenters. The van der Waals surface area contributed by atoms with Gasteiger partial charge < -0.3 is 5.73 Å². The molecule has 2 rings (SSSR count). The maximum absolute atomic E-state index is 13.3. The molecule has 0 saturated carbocycles. The average Bonchev–Trinajstić information content (AvgIpc) is 2.37. The van der Waals surface area contributed by atoms with Gasteiger partial charge in [-0.1, -0.05) is 26.0 Å². The van der Waals surface area contributed by atoms with E-state index in [0.717, 1.165) is 24.3 Å². The first-order valence-electron chi connectivity index (χ1n) is 7.10. The fourth-order valence-electron chi connectivity index (χ4n) is 3.12. The topological polar surface area (TPSA) is 29.3 Å². The fourth-order valence-corrected chi connectivity index (χ4v) is 4.70. The Morgan fingerprint density at radius 3 is 2.70 bits per heavy atom. The first-order chi connectivity index (χ1) is 9.37. The molecule has 2 N–H and O–H groups in total. The van der Waals surface area contributed by atoms with Crippen molar-refractivity contribution in [1.29, 1.82) is 0 Å². The number of halogens is 1. The third-order valence-corrected chi connectivity index (χ3v) is 5.90. The quantitative estimate of drug-likeness (QED) is 0.925. The Bertz CT molecular complexity index is 464. The monoisotopic (exact) mass is 296 g/mol. The molecule has 1 aromatic rings. The van der Waals surface area contributed by atoms with Crippen LogP contribution in [-0.2, 0) is 6.54 Å². The highest BCUT2D eigenvalue weighted by Gasteiger charge is 2.42. The zero-order chi connectivity index (χ0) is 14.8. The molecule has 2 nitrogen and oxygen atoms in total. The van der Waals surface area contributed by atoms with Crippen LogP contribution in [-0.4, -0.2) is 35.5 Å². The van der Waals surface area contributed by atoms with E-state index in [4.69, 9.17) is 5.73 Å². The number of nitrogens with two attached hydrogens (primary N) is 1. The van der Waals surface area contributed by atoms with E-state index >= 15 is 0 Å². The van der Waals surface area contributed by atoms with Gasteiger partial charge in [-0.3, -0.25) is 4.90 Å². The Morgan fingerprint density at radius 1 is 1.35 bits per heavy atom. The summed E-state index contributed by atoms with van der Waals surface area (Å²) in [6, 6.07) is 6.85. The van der Waals surface area contributed by atoms with Gasteiger partial charge in [0, 0.05) is 24.4 Å². The predicted octanol–water partition coefficient (Wildman–Crippen LogP) is 3.12. The van der Waals surface area contributed by atoms with Crippen molar-refractivity contribution in [1.82, 2.24) is 4.90 Å². The number of thioether (sulfide) groups is 1. The van der Waals surface area contributed by atoms with Gasteiger partial charge in [0.25, 0.3) is 0 Å². The Morgan fingerprint density at radius 2 is 2.10 bits per heavy atom. The molecule has 112 valence electrons. The lowest BCUT2D eigenvalue weighted by Crippen LogP contribution is -2.58. The Kier molecular flexibility index (Phi) is 4.77. The Hall–Kier alpha value is -0.580. The Labute approximate surface area is 125 Å². The molecule has 0 aliphatic carbocycles. The van der Waals surface area contributed by atoms with Gasteiger partial charge in [0.15, 0.2) is 0 Å². The van der Waals surface area contributed by atoms with Crippen molar-refractivity contribution in [3.05, 3.63) is 35.6 Å². The molecule has 1 aliphatic heterocycles. The van der Waals surface area contributed by atoms with Crippen LogP contribution >= 0.6 is 11.8 Å². The summed E-state index contributed by atoms with van der Waals surface area (Å²) in [5, 5.41) is 0. The summed E-state index contributed by atoms with van der Waals surface area (Å²) in [6.07, 6.45) is 1.09. The normalized spacial score (nSPS) is 25.9. The number of hydrogen-bond acceptors (Lipinski definition) is 3. The van der Waals surface area contributed by atoms with Crippen LogP contribution in [0.25, 0.3) is 0 Å². The van der Waals surface area contributed by atoms with Crippen molar-refractivity contribution in [3.63, 3.8) is 0 Å². The summed E-state index contributed by atoms with van der Waals surface area (Å²) in [6.45, 7) is 6.00. The van der Waals surface area contributed by atoms with Crippen LogP contribution in [0, 0.1) is 11.2 Å². The molecule has 1 unspecified atom stereocenters. The van der Waals surface area contributed by atoms with Crippen LogP contribution in [0.1, 0.15) is 25.8 Å². The zero-order valence-corrected chi connectivity index (χ0v) is 13.5. The van der Waals surface area contributed by atoms with Crippen molar-refractivity contribution < 1.29 is 4.39 Å². The van der Waals surface area contributed by atoms with E-state index in [1.807, 2.05) is 17.8 Å². The summed E-state index contributed by atoms with van der Waals surface area (Å²) < 4.78 is 13.3. The molecular weight excluding hydrogens is 271 g/mol. The van der Waals surface area contributed by atoms with Crippen molar-refractivity contribution >= 4 is 11.8 Å². The van der Waals surface area contributed by atoms with Crippen molar-refractivity contribution in [3.8, 4) is 0 Å². The Balaban J connectivity index is 2.14. The van der Waals surface area contributed by atoms with Gasteiger partial charge in [-0.05, 0) is 42.3 Å². The summed E-state index contributed by atoms with van der Waals surface area (Å²) in [5.41, 5.74) is 7.44. The van der Waals surface area contributed by atoms with Gasteiger partial charge in [0.1, 0.15) is 5.82 Å². The summed E-state index contributed by atoms with van der Waals surface area (Å²) in [4.78, 5) is 2.32. The van der Waals surface area contributed by atoms with E-state index < -0.39 is 0 Å². The molecule has 0 spiro atoms. The molecular formula is C16H25FN2S. The summed E-state index contributed by atoms with van der Waals surface area (Å²) >= 11 is 1.98. The molecule has 0 amide bonds. The molecule has 1 heterocycles. The number of rotatable bonds is 4. The molecule has 4 heteroatoms. The minimum atomic E-state index is -0.170. The van der Waals surface area contributed by atoms with Gasteiger partial charge in [0.05, 0.1) is 0 Å². The smallest absolute Gasteiger partial charge is 0.123 e. The number of nitrogens with zero attached hydrogens (tertiary/aromatic N) is 1. The number of likely N-dealkylation sites (N-methyl/N-ethyl adjacent to an activating group) is 1. The molecule has 1 aliphatic rings. The van der Waals surface area contributed by atoms with E-state index in [2.05, 4.69) is 25.8 Å². The standard InChI is InChI=1S/C16H25FN2S/c1-15(2)9-16(10-18,12-20-11-15)19(3)8-13-5-4-6-14(17)7-13/h4-7H,8-12,18H2,1-3H3. The molecule has 0 radical (unpaired) electrons. The summed E-state index contributed by atoms with van der Waals surface area (Å²) in [7, 11) is 2.11. The lowest BCUT2D eigenvalue weighted by molar-refractivity contribution is 0.0869. The highest BCUT2D eigenvalue weighted by Crippen LogP contribution is 2.41. The van der Waals surface area contributed by atoms with Gasteiger partial charge in [-0.2, -0.15) is 11.8 Å². The molecule has 1 fully saturated rings. The van der Waals surface area contributed by atoms with Gasteiger partial charge >= 0.3 is 0 Å². The first-order valence-corrected chi connectivity index (χ1v) is 8.26. The minimum Gasteiger partial charge on any atom is -0.329 e. The largest absolute Gasteiger partial charge is 0.329 e. The average molecular weight is 296 g/mol. The molecule has 0 aromatic heterocycles. The molecule has 0 bridgehead atoms. The van der Waals surface area contributed by atoms with E-state index in [-0.39, 0.29) is 11.4 Å². The third kappa shape index (κ3) is 3.54. The highest BCUT2D eigenvalue weighted by molar-refractivity contribution is 7.99. The number of hydrogen-bond donors (Lipinski definition) is 1. The van der Waals surface area contributed by atoms with Gasteiger partial charge in [-0.25, -0.2) is 4.39 Å². The minimum absolute atomic E-state index is 0.0126.